The molecule has 4 rings (SSSR count). The van der Waals surface area contributed by atoms with E-state index in [0.29, 0.717) is 23.3 Å². The molecule has 0 aliphatic carbocycles. The van der Waals surface area contributed by atoms with Gasteiger partial charge in [0.15, 0.2) is 10.7 Å². The van der Waals surface area contributed by atoms with Crippen molar-refractivity contribution < 1.29 is 26.3 Å². The summed E-state index contributed by atoms with van der Waals surface area (Å²) >= 11 is 1.16. The molecule has 0 unspecified atom stereocenters. The maximum atomic E-state index is 13.1. The van der Waals surface area contributed by atoms with Gasteiger partial charge in [-0.15, -0.1) is 0 Å². The lowest BCUT2D eigenvalue weighted by Gasteiger charge is -2.14. The van der Waals surface area contributed by atoms with Crippen LogP contribution in [0.1, 0.15) is 16.7 Å². The smallest absolute Gasteiger partial charge is 0.266 e. The molecule has 4 aromatic rings. The van der Waals surface area contributed by atoms with Crippen molar-refractivity contribution in [1.82, 2.24) is 14.5 Å². The highest BCUT2D eigenvalue weighted by Gasteiger charge is 2.31. The van der Waals surface area contributed by atoms with Gasteiger partial charge in [-0.1, -0.05) is 23.9 Å². The summed E-state index contributed by atoms with van der Waals surface area (Å²) in [6.07, 6.45) is -7.14. The summed E-state index contributed by atoms with van der Waals surface area (Å²) in [5.74, 6) is 0.365. The van der Waals surface area contributed by atoms with E-state index in [9.17, 15) is 31.1 Å². The van der Waals surface area contributed by atoms with Crippen LogP contribution in [0.5, 0.6) is 0 Å². The van der Waals surface area contributed by atoms with E-state index in [1.807, 2.05) is 0 Å². The molecule has 0 fully saturated rings. The van der Waals surface area contributed by atoms with Crippen molar-refractivity contribution in [2.45, 2.75) is 23.9 Å². The molecule has 176 valence electrons. The summed E-state index contributed by atoms with van der Waals surface area (Å²) < 4.78 is 78.3. The summed E-state index contributed by atoms with van der Waals surface area (Å²) in [4.78, 5) is 21.6. The van der Waals surface area contributed by atoms with Gasteiger partial charge in [0.1, 0.15) is 0 Å². The van der Waals surface area contributed by atoms with Crippen LogP contribution in [0.15, 0.2) is 76.8 Å². The molecule has 0 radical (unpaired) electrons. The summed E-state index contributed by atoms with van der Waals surface area (Å²) in [7, 11) is 0. The number of fused-ring (bicyclic) bond motifs is 1. The number of halogens is 6. The highest BCUT2D eigenvalue weighted by Crippen LogP contribution is 2.31. The molecule has 0 bridgehead atoms. The molecule has 0 aliphatic heterocycles. The molecular weight excluding hydrogens is 480 g/mol. The van der Waals surface area contributed by atoms with Crippen LogP contribution in [0.2, 0.25) is 0 Å². The predicted molar refractivity (Wildman–Crippen MR) is 116 cm³/mol. The van der Waals surface area contributed by atoms with Crippen molar-refractivity contribution in [3.8, 4) is 5.69 Å². The molecule has 2 aromatic carbocycles. The first kappa shape index (κ1) is 23.8. The Hall–Kier alpha value is -3.34. The number of aromatic nitrogens is 3. The quantitative estimate of drug-likeness (QED) is 0.189. The van der Waals surface area contributed by atoms with E-state index < -0.39 is 29.0 Å². The monoisotopic (exact) mass is 495 g/mol. The van der Waals surface area contributed by atoms with Crippen molar-refractivity contribution in [1.29, 1.82) is 0 Å². The summed E-state index contributed by atoms with van der Waals surface area (Å²) in [5.41, 5.74) is -0.901. The van der Waals surface area contributed by atoms with Gasteiger partial charge in [-0.25, -0.2) is 9.97 Å². The average molecular weight is 495 g/mol. The Labute approximate surface area is 193 Å². The second-order valence-electron chi connectivity index (χ2n) is 7.24. The van der Waals surface area contributed by atoms with Crippen LogP contribution in [-0.4, -0.2) is 20.3 Å². The minimum atomic E-state index is -4.52. The van der Waals surface area contributed by atoms with Gasteiger partial charge in [0, 0.05) is 11.9 Å². The standard InChI is InChI=1S/C23H15F6N3OS/c24-22(25,26)15-5-3-14(4-6-15)11-13-34-21-31-18-2-1-12-30-19(18)20(33)32(21)17-9-7-16(8-10-17)23(27,28)29/h1-10,12H,11,13H2. The van der Waals surface area contributed by atoms with Gasteiger partial charge in [0.05, 0.1) is 22.3 Å². The third-order valence-electron chi connectivity index (χ3n) is 4.96. The molecule has 0 saturated carbocycles. The molecule has 0 aliphatic rings. The average Bonchev–Trinajstić information content (AvgIpc) is 2.79. The van der Waals surface area contributed by atoms with Gasteiger partial charge in [0.25, 0.3) is 5.56 Å². The summed E-state index contributed by atoms with van der Waals surface area (Å²) in [5, 5.41) is 0.233. The van der Waals surface area contributed by atoms with E-state index in [1.165, 1.54) is 35.0 Å². The number of pyridine rings is 1. The Balaban J connectivity index is 1.64. The molecule has 0 atom stereocenters. The van der Waals surface area contributed by atoms with Crippen LogP contribution in [0.4, 0.5) is 26.3 Å². The third-order valence-corrected chi connectivity index (χ3v) is 5.90. The molecule has 2 aromatic heterocycles. The topological polar surface area (TPSA) is 47.8 Å². The number of benzene rings is 2. The fourth-order valence-corrected chi connectivity index (χ4v) is 4.24. The first-order valence-corrected chi connectivity index (χ1v) is 10.9. The maximum absolute atomic E-state index is 13.1. The van der Waals surface area contributed by atoms with Crippen LogP contribution in [0, 0.1) is 0 Å². The van der Waals surface area contributed by atoms with Crippen LogP contribution >= 0.6 is 11.8 Å². The van der Waals surface area contributed by atoms with Crippen molar-refractivity contribution in [3.63, 3.8) is 0 Å². The van der Waals surface area contributed by atoms with Crippen molar-refractivity contribution >= 4 is 22.8 Å². The SMILES string of the molecule is O=c1c2ncccc2nc(SCCc2ccc(C(F)(F)F)cc2)n1-c1ccc(C(F)(F)F)cc1. The Morgan fingerprint density at radius 3 is 2.00 bits per heavy atom. The van der Waals surface area contributed by atoms with Gasteiger partial charge < -0.3 is 0 Å². The number of aryl methyl sites for hydroxylation is 1. The first-order chi connectivity index (χ1) is 16.0. The second-order valence-corrected chi connectivity index (χ2v) is 8.31. The first-order valence-electron chi connectivity index (χ1n) is 9.88. The van der Waals surface area contributed by atoms with Gasteiger partial charge in [-0.05, 0) is 60.5 Å². The largest absolute Gasteiger partial charge is 0.416 e. The van der Waals surface area contributed by atoms with Crippen molar-refractivity contribution in [2.75, 3.05) is 5.75 Å². The molecular formula is C23H15F6N3OS. The van der Waals surface area contributed by atoms with Gasteiger partial charge in [0.2, 0.25) is 0 Å². The lowest BCUT2D eigenvalue weighted by atomic mass is 10.1. The summed E-state index contributed by atoms with van der Waals surface area (Å²) in [6.45, 7) is 0. The predicted octanol–water partition coefficient (Wildman–Crippen LogP) is 6.15. The molecule has 0 N–H and O–H groups in total. The number of hydrogen-bond donors (Lipinski definition) is 0. The zero-order chi connectivity index (χ0) is 24.5. The number of nitrogens with zero attached hydrogens (tertiary/aromatic N) is 3. The Kier molecular flexibility index (Phi) is 6.39. The Bertz CT molecular complexity index is 1360. The molecule has 4 nitrogen and oxygen atoms in total. The van der Waals surface area contributed by atoms with Crippen LogP contribution < -0.4 is 5.56 Å². The molecule has 34 heavy (non-hydrogen) atoms. The van der Waals surface area contributed by atoms with Crippen molar-refractivity contribution in [2.24, 2.45) is 0 Å². The molecule has 2 heterocycles. The highest BCUT2D eigenvalue weighted by atomic mass is 32.2. The number of hydrogen-bond acceptors (Lipinski definition) is 4. The van der Waals surface area contributed by atoms with Crippen LogP contribution in [0.3, 0.4) is 0 Å². The van der Waals surface area contributed by atoms with Crippen LogP contribution in [0.25, 0.3) is 16.7 Å². The summed E-state index contributed by atoms with van der Waals surface area (Å²) in [6, 6.07) is 12.1. The zero-order valence-corrected chi connectivity index (χ0v) is 18.0. The van der Waals surface area contributed by atoms with E-state index in [4.69, 9.17) is 0 Å². The van der Waals surface area contributed by atoms with E-state index in [-0.39, 0.29) is 16.4 Å². The van der Waals surface area contributed by atoms with E-state index in [1.54, 1.807) is 12.1 Å². The lowest BCUT2D eigenvalue weighted by molar-refractivity contribution is -0.138. The van der Waals surface area contributed by atoms with Gasteiger partial charge in [-0.2, -0.15) is 26.3 Å². The zero-order valence-electron chi connectivity index (χ0n) is 17.2. The van der Waals surface area contributed by atoms with E-state index in [0.717, 1.165) is 36.0 Å². The number of alkyl halides is 6. The third kappa shape index (κ3) is 5.09. The number of thioether (sulfide) groups is 1. The second kappa shape index (κ2) is 9.13. The molecule has 0 saturated heterocycles. The Morgan fingerprint density at radius 2 is 1.41 bits per heavy atom. The molecule has 11 heteroatoms. The van der Waals surface area contributed by atoms with Gasteiger partial charge in [-0.3, -0.25) is 9.36 Å². The fourth-order valence-electron chi connectivity index (χ4n) is 3.24. The van der Waals surface area contributed by atoms with Gasteiger partial charge >= 0.3 is 12.4 Å². The Morgan fingerprint density at radius 1 is 0.824 bits per heavy atom. The number of rotatable bonds is 5. The fraction of sp³-hybridized carbons (Fsp3) is 0.174. The lowest BCUT2D eigenvalue weighted by Crippen LogP contribution is -2.23. The van der Waals surface area contributed by atoms with Crippen LogP contribution in [-0.2, 0) is 18.8 Å². The van der Waals surface area contributed by atoms with Crippen molar-refractivity contribution in [3.05, 3.63) is 93.9 Å². The highest BCUT2D eigenvalue weighted by molar-refractivity contribution is 7.99. The maximum Gasteiger partial charge on any atom is 0.416 e. The minimum Gasteiger partial charge on any atom is -0.266 e. The van der Waals surface area contributed by atoms with E-state index >= 15 is 0 Å². The minimum absolute atomic E-state index is 0.0643. The normalized spacial score (nSPS) is 12.3. The van der Waals surface area contributed by atoms with E-state index in [2.05, 4.69) is 9.97 Å². The molecule has 0 spiro atoms. The molecule has 0 amide bonds.